The molecule has 0 bridgehead atoms. The Morgan fingerprint density at radius 1 is 1.03 bits per heavy atom. The van der Waals surface area contributed by atoms with Crippen LogP contribution in [0.2, 0.25) is 5.02 Å². The van der Waals surface area contributed by atoms with E-state index in [0.717, 1.165) is 5.56 Å². The highest BCUT2D eigenvalue weighted by atomic mass is 35.5. The van der Waals surface area contributed by atoms with Gasteiger partial charge in [0.1, 0.15) is 0 Å². The molecular weight excluding hydrogens is 442 g/mol. The summed E-state index contributed by atoms with van der Waals surface area (Å²) in [4.78, 5) is 14.3. The van der Waals surface area contributed by atoms with Gasteiger partial charge in [0.25, 0.3) is 0 Å². The van der Waals surface area contributed by atoms with Crippen LogP contribution >= 0.6 is 11.6 Å². The molecular formula is C21H26ClN3O5S. The van der Waals surface area contributed by atoms with Crippen LogP contribution in [0.1, 0.15) is 5.56 Å². The summed E-state index contributed by atoms with van der Waals surface area (Å²) in [7, 11) is -0.471. The van der Waals surface area contributed by atoms with Crippen LogP contribution in [0, 0.1) is 0 Å². The first-order valence-electron chi connectivity index (χ1n) is 9.84. The van der Waals surface area contributed by atoms with E-state index in [1.165, 1.54) is 16.4 Å². The van der Waals surface area contributed by atoms with Crippen LogP contribution in [-0.2, 0) is 16.4 Å². The third-order valence-electron chi connectivity index (χ3n) is 5.10. The number of urea groups is 1. The number of rotatable bonds is 7. The number of methoxy groups -OCH3 is 2. The van der Waals surface area contributed by atoms with Crippen molar-refractivity contribution in [2.75, 3.05) is 46.9 Å². The lowest BCUT2D eigenvalue weighted by Crippen LogP contribution is -2.53. The molecule has 1 heterocycles. The third kappa shape index (κ3) is 5.61. The Balaban J connectivity index is 1.49. The lowest BCUT2D eigenvalue weighted by molar-refractivity contribution is 0.172. The zero-order valence-corrected chi connectivity index (χ0v) is 19.1. The van der Waals surface area contributed by atoms with E-state index in [9.17, 15) is 13.2 Å². The van der Waals surface area contributed by atoms with Gasteiger partial charge in [0.05, 0.1) is 19.1 Å². The second-order valence-corrected chi connectivity index (χ2v) is 9.39. The minimum Gasteiger partial charge on any atom is -0.493 e. The average molecular weight is 468 g/mol. The Morgan fingerprint density at radius 2 is 1.74 bits per heavy atom. The Hall–Kier alpha value is -2.49. The molecule has 0 unspecified atom stereocenters. The van der Waals surface area contributed by atoms with E-state index in [1.54, 1.807) is 31.3 Å². The number of hydrogen-bond donors (Lipinski definition) is 1. The lowest BCUT2D eigenvalue weighted by atomic mass is 10.1. The Bertz CT molecular complexity index is 1020. The van der Waals surface area contributed by atoms with E-state index in [1.807, 2.05) is 18.2 Å². The molecule has 1 N–H and O–H groups in total. The van der Waals surface area contributed by atoms with Crippen LogP contribution in [0.25, 0.3) is 0 Å². The molecule has 0 spiro atoms. The highest BCUT2D eigenvalue weighted by molar-refractivity contribution is 7.89. The van der Waals surface area contributed by atoms with Gasteiger partial charge in [0.15, 0.2) is 11.5 Å². The second kappa shape index (κ2) is 10.2. The predicted octanol–water partition coefficient (Wildman–Crippen LogP) is 2.62. The monoisotopic (exact) mass is 467 g/mol. The van der Waals surface area contributed by atoms with Gasteiger partial charge in [-0.1, -0.05) is 23.7 Å². The van der Waals surface area contributed by atoms with E-state index in [-0.39, 0.29) is 24.0 Å². The highest BCUT2D eigenvalue weighted by Crippen LogP contribution is 2.27. The maximum absolute atomic E-state index is 12.8. The van der Waals surface area contributed by atoms with Gasteiger partial charge < -0.3 is 19.7 Å². The number of nitrogens with zero attached hydrogens (tertiary/aromatic N) is 2. The molecule has 0 aromatic heterocycles. The summed E-state index contributed by atoms with van der Waals surface area (Å²) in [5.41, 5.74) is 1.01. The van der Waals surface area contributed by atoms with E-state index in [2.05, 4.69) is 5.32 Å². The van der Waals surface area contributed by atoms with Crippen LogP contribution in [0.3, 0.4) is 0 Å². The number of hydrogen-bond acceptors (Lipinski definition) is 5. The largest absolute Gasteiger partial charge is 0.493 e. The predicted molar refractivity (Wildman–Crippen MR) is 118 cm³/mol. The summed E-state index contributed by atoms with van der Waals surface area (Å²) in [6, 6.07) is 11.6. The molecule has 1 aliphatic rings. The van der Waals surface area contributed by atoms with Gasteiger partial charge in [-0.25, -0.2) is 13.2 Å². The Labute approximate surface area is 187 Å². The Morgan fingerprint density at radius 3 is 2.39 bits per heavy atom. The van der Waals surface area contributed by atoms with E-state index < -0.39 is 10.0 Å². The van der Waals surface area contributed by atoms with Crippen LogP contribution in [0.15, 0.2) is 47.4 Å². The van der Waals surface area contributed by atoms with Crippen molar-refractivity contribution in [2.45, 2.75) is 11.3 Å². The van der Waals surface area contributed by atoms with Gasteiger partial charge in [-0.05, 0) is 42.3 Å². The summed E-state index contributed by atoms with van der Waals surface area (Å²) < 4.78 is 37.4. The van der Waals surface area contributed by atoms with Crippen molar-refractivity contribution in [3.8, 4) is 11.5 Å². The maximum Gasteiger partial charge on any atom is 0.317 e. The van der Waals surface area contributed by atoms with Crippen molar-refractivity contribution in [3.63, 3.8) is 0 Å². The molecule has 0 radical (unpaired) electrons. The molecule has 2 amide bonds. The molecule has 10 heteroatoms. The fourth-order valence-corrected chi connectivity index (χ4v) is 5.09. The van der Waals surface area contributed by atoms with Crippen molar-refractivity contribution >= 4 is 27.7 Å². The number of carbonyl (C=O) groups excluding carboxylic acids is 1. The number of nitrogens with one attached hydrogen (secondary N) is 1. The normalized spacial score (nSPS) is 14.9. The molecule has 0 atom stereocenters. The van der Waals surface area contributed by atoms with Gasteiger partial charge in [0.2, 0.25) is 10.0 Å². The molecule has 3 rings (SSSR count). The van der Waals surface area contributed by atoms with Gasteiger partial charge in [-0.3, -0.25) is 0 Å². The number of sulfonamides is 1. The number of halogens is 1. The first-order chi connectivity index (χ1) is 14.8. The number of ether oxygens (including phenoxy) is 2. The second-order valence-electron chi connectivity index (χ2n) is 7.02. The highest BCUT2D eigenvalue weighted by Gasteiger charge is 2.30. The average Bonchev–Trinajstić information content (AvgIpc) is 2.79. The first-order valence-corrected chi connectivity index (χ1v) is 11.7. The maximum atomic E-state index is 12.8. The fraction of sp³-hybridized carbons (Fsp3) is 0.381. The van der Waals surface area contributed by atoms with Gasteiger partial charge >= 0.3 is 6.03 Å². The molecule has 1 fully saturated rings. The summed E-state index contributed by atoms with van der Waals surface area (Å²) in [5, 5.41) is 3.26. The molecule has 31 heavy (non-hydrogen) atoms. The zero-order chi connectivity index (χ0) is 22.4. The van der Waals surface area contributed by atoms with Crippen LogP contribution < -0.4 is 14.8 Å². The SMILES string of the molecule is COc1ccc(CCNC(=O)N2CCN(S(=O)(=O)c3cccc(Cl)c3)CC2)cc1OC. The van der Waals surface area contributed by atoms with Crippen LogP contribution in [0.4, 0.5) is 4.79 Å². The number of carbonyl (C=O) groups is 1. The van der Waals surface area contributed by atoms with Crippen molar-refractivity contribution in [3.05, 3.63) is 53.1 Å². The van der Waals surface area contributed by atoms with Gasteiger partial charge in [-0.2, -0.15) is 4.31 Å². The molecule has 0 aliphatic carbocycles. The summed E-state index contributed by atoms with van der Waals surface area (Å²) in [6.45, 7) is 1.56. The minimum absolute atomic E-state index is 0.160. The van der Waals surface area contributed by atoms with E-state index >= 15 is 0 Å². The summed E-state index contributed by atoms with van der Waals surface area (Å²) in [5.74, 6) is 1.30. The molecule has 0 saturated carbocycles. The quantitative estimate of drug-likeness (QED) is 0.676. The third-order valence-corrected chi connectivity index (χ3v) is 7.23. The van der Waals surface area contributed by atoms with E-state index in [0.29, 0.717) is 42.6 Å². The van der Waals surface area contributed by atoms with Gasteiger partial charge in [0, 0.05) is 37.7 Å². The van der Waals surface area contributed by atoms with Crippen LogP contribution in [0.5, 0.6) is 11.5 Å². The van der Waals surface area contributed by atoms with Crippen molar-refractivity contribution in [2.24, 2.45) is 0 Å². The molecule has 2 aromatic carbocycles. The Kier molecular flexibility index (Phi) is 7.64. The fourth-order valence-electron chi connectivity index (χ4n) is 3.37. The van der Waals surface area contributed by atoms with Crippen molar-refractivity contribution < 1.29 is 22.7 Å². The number of benzene rings is 2. The zero-order valence-electron chi connectivity index (χ0n) is 17.5. The topological polar surface area (TPSA) is 88.2 Å². The van der Waals surface area contributed by atoms with Crippen LogP contribution in [-0.4, -0.2) is 70.6 Å². The molecule has 168 valence electrons. The van der Waals surface area contributed by atoms with Crippen molar-refractivity contribution in [1.82, 2.24) is 14.5 Å². The van der Waals surface area contributed by atoms with Crippen molar-refractivity contribution in [1.29, 1.82) is 0 Å². The molecule has 1 aliphatic heterocycles. The smallest absolute Gasteiger partial charge is 0.317 e. The summed E-state index contributed by atoms with van der Waals surface area (Å²) >= 11 is 5.92. The lowest BCUT2D eigenvalue weighted by Gasteiger charge is -2.34. The molecule has 1 saturated heterocycles. The standard InChI is InChI=1S/C21H26ClN3O5S/c1-29-19-7-6-16(14-20(19)30-2)8-9-23-21(26)24-10-12-25(13-11-24)31(27,28)18-5-3-4-17(22)15-18/h3-7,14-15H,8-13H2,1-2H3,(H,23,26). The van der Waals surface area contributed by atoms with Gasteiger partial charge in [-0.15, -0.1) is 0 Å². The van der Waals surface area contributed by atoms with E-state index in [4.69, 9.17) is 21.1 Å². The number of piperazine rings is 1. The molecule has 8 nitrogen and oxygen atoms in total. The number of amides is 2. The summed E-state index contributed by atoms with van der Waals surface area (Å²) in [6.07, 6.45) is 0.634. The minimum atomic E-state index is -3.63. The first kappa shape index (κ1) is 23.2. The molecule has 2 aromatic rings.